The Hall–Kier alpha value is -3.24. The average molecular weight is 395 g/mol. The first-order chi connectivity index (χ1) is 14.6. The fourth-order valence-corrected chi connectivity index (χ4v) is 6.37. The monoisotopic (exact) mass is 395 g/mol. The maximum absolute atomic E-state index is 13.9. The van der Waals surface area contributed by atoms with Gasteiger partial charge in [-0.1, -0.05) is 66.7 Å². The topological polar surface area (TPSA) is 57.6 Å². The summed E-state index contributed by atoms with van der Waals surface area (Å²) in [5, 5.41) is 11.3. The molecule has 3 aromatic rings. The van der Waals surface area contributed by atoms with Gasteiger partial charge in [-0.2, -0.15) is 0 Å². The average Bonchev–Trinajstić information content (AvgIpc) is 3.05. The van der Waals surface area contributed by atoms with E-state index in [0.29, 0.717) is 5.69 Å². The van der Waals surface area contributed by atoms with Crippen molar-refractivity contribution in [2.45, 2.75) is 24.4 Å². The molecule has 0 aromatic heterocycles. The van der Waals surface area contributed by atoms with E-state index in [-0.39, 0.29) is 17.7 Å². The molecule has 4 heteroatoms. The van der Waals surface area contributed by atoms with Crippen molar-refractivity contribution >= 4 is 17.5 Å². The summed E-state index contributed by atoms with van der Waals surface area (Å²) in [5.74, 6) is -1.72. The van der Waals surface area contributed by atoms with E-state index in [1.54, 1.807) is 19.1 Å². The number of carbonyl (C=O) groups is 2. The number of hydrogen-bond donors (Lipinski definition) is 1. The van der Waals surface area contributed by atoms with Crippen LogP contribution in [-0.2, 0) is 15.0 Å². The second-order valence-corrected chi connectivity index (χ2v) is 8.55. The summed E-state index contributed by atoms with van der Waals surface area (Å²) in [5.41, 5.74) is 3.70. The van der Waals surface area contributed by atoms with E-state index in [0.717, 1.165) is 22.3 Å². The summed E-state index contributed by atoms with van der Waals surface area (Å²) < 4.78 is 0. The molecule has 3 atom stereocenters. The van der Waals surface area contributed by atoms with Crippen LogP contribution in [0.25, 0.3) is 0 Å². The number of aliphatic hydroxyl groups is 1. The number of carbonyl (C=O) groups excluding carboxylic acids is 2. The molecule has 1 heterocycles. The van der Waals surface area contributed by atoms with Gasteiger partial charge in [0, 0.05) is 5.92 Å². The second kappa shape index (κ2) is 5.89. The number of para-hydroxylation sites is 1. The molecule has 4 nitrogen and oxygen atoms in total. The quantitative estimate of drug-likeness (QED) is 0.675. The number of aliphatic hydroxyl groups excluding tert-OH is 1. The molecule has 1 fully saturated rings. The minimum Gasteiger partial charge on any atom is -0.392 e. The summed E-state index contributed by atoms with van der Waals surface area (Å²) in [6, 6.07) is 25.1. The fourth-order valence-electron chi connectivity index (χ4n) is 6.37. The predicted molar refractivity (Wildman–Crippen MR) is 113 cm³/mol. The van der Waals surface area contributed by atoms with Crippen molar-refractivity contribution in [2.24, 2.45) is 11.8 Å². The highest BCUT2D eigenvalue weighted by atomic mass is 16.3. The fraction of sp³-hybridized carbons (Fsp3) is 0.231. The standard InChI is InChI=1S/C26H21NO3/c1-15(28)26-19-13-7-5-11-17(19)21(18-12-6-8-14-20(18)26)22-23(26)25(30)27(24(22)29)16-9-3-2-4-10-16/h2-15,21-23,28H,1H3/t15-,21?,22-,23+,26?/m1/s1. The number of nitrogens with zero attached hydrogens (tertiary/aromatic N) is 1. The summed E-state index contributed by atoms with van der Waals surface area (Å²) in [7, 11) is 0. The van der Waals surface area contributed by atoms with Crippen molar-refractivity contribution in [3.63, 3.8) is 0 Å². The van der Waals surface area contributed by atoms with Crippen molar-refractivity contribution in [3.8, 4) is 0 Å². The lowest BCUT2D eigenvalue weighted by Gasteiger charge is -2.55. The summed E-state index contributed by atoms with van der Waals surface area (Å²) in [6.45, 7) is 1.75. The Bertz CT molecular complexity index is 1150. The Morgan fingerprint density at radius 1 is 0.800 bits per heavy atom. The van der Waals surface area contributed by atoms with Crippen molar-refractivity contribution in [2.75, 3.05) is 4.90 Å². The zero-order valence-corrected chi connectivity index (χ0v) is 16.5. The minimum atomic E-state index is -0.942. The number of imide groups is 1. The molecule has 7 rings (SSSR count). The van der Waals surface area contributed by atoms with Crippen LogP contribution in [0.4, 0.5) is 5.69 Å². The van der Waals surface area contributed by atoms with Gasteiger partial charge in [0.2, 0.25) is 11.8 Å². The lowest BCUT2D eigenvalue weighted by Crippen LogP contribution is -2.58. The highest BCUT2D eigenvalue weighted by Gasteiger charge is 2.69. The van der Waals surface area contributed by atoms with Crippen molar-refractivity contribution in [1.29, 1.82) is 0 Å². The van der Waals surface area contributed by atoms with Gasteiger partial charge in [-0.3, -0.25) is 9.59 Å². The first kappa shape index (κ1) is 17.6. The van der Waals surface area contributed by atoms with Gasteiger partial charge < -0.3 is 5.11 Å². The molecule has 148 valence electrons. The predicted octanol–water partition coefficient (Wildman–Crippen LogP) is 3.62. The number of anilines is 1. The zero-order chi connectivity index (χ0) is 20.6. The van der Waals surface area contributed by atoms with E-state index < -0.39 is 23.4 Å². The van der Waals surface area contributed by atoms with Gasteiger partial charge in [-0.25, -0.2) is 4.90 Å². The minimum absolute atomic E-state index is 0.171. The van der Waals surface area contributed by atoms with E-state index in [1.807, 2.05) is 66.7 Å². The molecule has 2 amide bonds. The third-order valence-corrected chi connectivity index (χ3v) is 7.36. The Kier molecular flexibility index (Phi) is 3.46. The molecule has 3 aliphatic carbocycles. The number of benzene rings is 3. The van der Waals surface area contributed by atoms with Crippen LogP contribution in [0.5, 0.6) is 0 Å². The molecule has 0 saturated carbocycles. The third-order valence-electron chi connectivity index (χ3n) is 7.36. The maximum atomic E-state index is 13.9. The molecule has 30 heavy (non-hydrogen) atoms. The summed E-state index contributed by atoms with van der Waals surface area (Å²) in [4.78, 5) is 29.0. The SMILES string of the molecule is C[C@@H](O)C12c3ccccc3C(c3ccccc31)[C@H]1C(=O)N(c3ccccc3)C(=O)[C@H]12. The molecule has 1 aliphatic heterocycles. The Balaban J connectivity index is 1.69. The van der Waals surface area contributed by atoms with Crippen LogP contribution < -0.4 is 4.90 Å². The molecule has 3 aromatic carbocycles. The van der Waals surface area contributed by atoms with E-state index >= 15 is 0 Å². The Labute approximate surface area is 174 Å². The smallest absolute Gasteiger partial charge is 0.239 e. The van der Waals surface area contributed by atoms with Gasteiger partial charge >= 0.3 is 0 Å². The van der Waals surface area contributed by atoms with Gasteiger partial charge in [0.05, 0.1) is 29.0 Å². The molecule has 1 saturated heterocycles. The molecule has 4 aliphatic rings. The van der Waals surface area contributed by atoms with Gasteiger partial charge in [0.25, 0.3) is 0 Å². The normalized spacial score (nSPS) is 29.4. The van der Waals surface area contributed by atoms with Gasteiger partial charge in [0.15, 0.2) is 0 Å². The first-order valence-electron chi connectivity index (χ1n) is 10.4. The highest BCUT2D eigenvalue weighted by molar-refractivity contribution is 6.23. The number of rotatable bonds is 2. The van der Waals surface area contributed by atoms with Crippen LogP contribution in [0.2, 0.25) is 0 Å². The highest BCUT2D eigenvalue weighted by Crippen LogP contribution is 2.65. The summed E-state index contributed by atoms with van der Waals surface area (Å²) >= 11 is 0. The van der Waals surface area contributed by atoms with E-state index in [1.165, 1.54) is 4.90 Å². The Morgan fingerprint density at radius 3 is 1.90 bits per heavy atom. The van der Waals surface area contributed by atoms with Crippen molar-refractivity contribution in [1.82, 2.24) is 0 Å². The van der Waals surface area contributed by atoms with E-state index in [4.69, 9.17) is 0 Å². The molecule has 0 radical (unpaired) electrons. The third kappa shape index (κ3) is 1.86. The summed E-state index contributed by atoms with van der Waals surface area (Å²) in [6.07, 6.45) is -0.832. The largest absolute Gasteiger partial charge is 0.392 e. The van der Waals surface area contributed by atoms with Crippen LogP contribution >= 0.6 is 0 Å². The molecule has 0 spiro atoms. The van der Waals surface area contributed by atoms with Crippen LogP contribution in [0.1, 0.15) is 35.1 Å². The van der Waals surface area contributed by atoms with Gasteiger partial charge in [-0.15, -0.1) is 0 Å². The first-order valence-corrected chi connectivity index (χ1v) is 10.4. The maximum Gasteiger partial charge on any atom is 0.239 e. The van der Waals surface area contributed by atoms with Crippen LogP contribution in [-0.4, -0.2) is 23.0 Å². The Morgan fingerprint density at radius 2 is 1.33 bits per heavy atom. The number of hydrogen-bond acceptors (Lipinski definition) is 3. The molecule has 2 bridgehead atoms. The lowest BCUT2D eigenvalue weighted by atomic mass is 9.46. The van der Waals surface area contributed by atoms with E-state index in [9.17, 15) is 14.7 Å². The van der Waals surface area contributed by atoms with Crippen molar-refractivity contribution in [3.05, 3.63) is 101 Å². The molecular formula is C26H21NO3. The molecule has 0 unspecified atom stereocenters. The second-order valence-electron chi connectivity index (χ2n) is 8.55. The van der Waals surface area contributed by atoms with Crippen molar-refractivity contribution < 1.29 is 14.7 Å². The zero-order valence-electron chi connectivity index (χ0n) is 16.5. The molecular weight excluding hydrogens is 374 g/mol. The van der Waals surface area contributed by atoms with E-state index in [2.05, 4.69) is 0 Å². The van der Waals surface area contributed by atoms with Gasteiger partial charge in [0.1, 0.15) is 0 Å². The van der Waals surface area contributed by atoms with Crippen LogP contribution in [0.3, 0.4) is 0 Å². The van der Waals surface area contributed by atoms with Crippen LogP contribution in [0.15, 0.2) is 78.9 Å². The molecule has 1 N–H and O–H groups in total. The lowest BCUT2D eigenvalue weighted by molar-refractivity contribution is -0.126. The van der Waals surface area contributed by atoms with Crippen LogP contribution in [0, 0.1) is 11.8 Å². The van der Waals surface area contributed by atoms with Gasteiger partial charge in [-0.05, 0) is 41.3 Å². The number of amides is 2.